The summed E-state index contributed by atoms with van der Waals surface area (Å²) in [5.41, 5.74) is 3.13. The fourth-order valence-corrected chi connectivity index (χ4v) is 4.84. The van der Waals surface area contributed by atoms with E-state index in [2.05, 4.69) is 11.4 Å². The van der Waals surface area contributed by atoms with E-state index in [1.165, 1.54) is 12.0 Å². The molecule has 2 amide bonds. The Morgan fingerprint density at radius 2 is 1.75 bits per heavy atom. The Kier molecular flexibility index (Phi) is 6.01. The fourth-order valence-electron chi connectivity index (χ4n) is 4.06. The van der Waals surface area contributed by atoms with Crippen molar-refractivity contribution in [2.45, 2.75) is 43.4 Å². The van der Waals surface area contributed by atoms with Gasteiger partial charge in [-0.2, -0.15) is 0 Å². The van der Waals surface area contributed by atoms with E-state index in [9.17, 15) is 9.59 Å². The number of nitrogens with zero attached hydrogens (tertiary/aromatic N) is 1. The summed E-state index contributed by atoms with van der Waals surface area (Å²) >= 11 is 1.54. The van der Waals surface area contributed by atoms with Gasteiger partial charge in [0.05, 0.1) is 5.75 Å². The standard InChI is InChI=1S/C23H26N2O2S/c26-22(25-15-14-17-6-4-5-9-21(17)25)16-28-20-12-10-19(11-13-20)24-23(27)18-7-2-1-3-8-18/h4-6,9-13,18H,1-3,7-8,14-16H2,(H,24,27). The average Bonchev–Trinajstić information content (AvgIpc) is 3.18. The molecular formula is C23H26N2O2S. The topological polar surface area (TPSA) is 49.4 Å². The molecule has 2 aromatic rings. The van der Waals surface area contributed by atoms with Crippen LogP contribution in [0.15, 0.2) is 53.4 Å². The number of carbonyl (C=O) groups is 2. The SMILES string of the molecule is O=C(Nc1ccc(SCC(=O)N2CCc3ccccc32)cc1)C1CCCCC1. The number of fused-ring (bicyclic) bond motifs is 1. The molecular weight excluding hydrogens is 368 g/mol. The molecule has 0 spiro atoms. The number of amides is 2. The minimum absolute atomic E-state index is 0.142. The number of thioether (sulfide) groups is 1. The Morgan fingerprint density at radius 1 is 1.00 bits per heavy atom. The number of nitrogens with one attached hydrogen (secondary N) is 1. The van der Waals surface area contributed by atoms with E-state index in [-0.39, 0.29) is 17.7 Å². The Balaban J connectivity index is 1.29. The maximum absolute atomic E-state index is 12.6. The Morgan fingerprint density at radius 3 is 2.54 bits per heavy atom. The molecule has 0 unspecified atom stereocenters. The highest BCUT2D eigenvalue weighted by atomic mass is 32.2. The lowest BCUT2D eigenvalue weighted by Gasteiger charge is -2.20. The molecule has 4 rings (SSSR count). The first kappa shape index (κ1) is 19.1. The van der Waals surface area contributed by atoms with Crippen LogP contribution >= 0.6 is 11.8 Å². The molecule has 28 heavy (non-hydrogen) atoms. The maximum Gasteiger partial charge on any atom is 0.237 e. The third-order valence-electron chi connectivity index (χ3n) is 5.65. The van der Waals surface area contributed by atoms with Crippen LogP contribution in [-0.4, -0.2) is 24.1 Å². The Bertz CT molecular complexity index is 844. The van der Waals surface area contributed by atoms with Crippen molar-refractivity contribution in [3.8, 4) is 0 Å². The third kappa shape index (κ3) is 4.41. The second-order valence-electron chi connectivity index (χ2n) is 7.56. The van der Waals surface area contributed by atoms with Gasteiger partial charge >= 0.3 is 0 Å². The lowest BCUT2D eigenvalue weighted by atomic mass is 9.88. The zero-order valence-corrected chi connectivity index (χ0v) is 16.8. The van der Waals surface area contributed by atoms with Crippen LogP contribution in [0, 0.1) is 5.92 Å². The lowest BCUT2D eigenvalue weighted by Crippen LogP contribution is -2.30. The minimum atomic E-state index is 0.142. The Labute approximate surface area is 170 Å². The number of hydrogen-bond acceptors (Lipinski definition) is 3. The highest BCUT2D eigenvalue weighted by molar-refractivity contribution is 8.00. The van der Waals surface area contributed by atoms with E-state index < -0.39 is 0 Å². The zero-order valence-electron chi connectivity index (χ0n) is 16.0. The van der Waals surface area contributed by atoms with Gasteiger partial charge in [0, 0.05) is 28.7 Å². The molecule has 1 N–H and O–H groups in total. The molecule has 146 valence electrons. The molecule has 2 aliphatic rings. The quantitative estimate of drug-likeness (QED) is 0.735. The predicted octanol–water partition coefficient (Wildman–Crippen LogP) is 4.89. The number of anilines is 2. The summed E-state index contributed by atoms with van der Waals surface area (Å²) in [6, 6.07) is 15.9. The van der Waals surface area contributed by atoms with Crippen LogP contribution in [0.3, 0.4) is 0 Å². The van der Waals surface area contributed by atoms with Crippen molar-refractivity contribution >= 4 is 35.0 Å². The molecule has 0 atom stereocenters. The first-order valence-corrected chi connectivity index (χ1v) is 11.1. The van der Waals surface area contributed by atoms with Crippen molar-refractivity contribution < 1.29 is 9.59 Å². The van der Waals surface area contributed by atoms with Crippen LogP contribution in [0.4, 0.5) is 11.4 Å². The van der Waals surface area contributed by atoms with Gasteiger partial charge in [-0.05, 0) is 55.2 Å². The first-order valence-electron chi connectivity index (χ1n) is 10.1. The van der Waals surface area contributed by atoms with Crippen molar-refractivity contribution in [3.05, 3.63) is 54.1 Å². The second-order valence-corrected chi connectivity index (χ2v) is 8.61. The van der Waals surface area contributed by atoms with Crippen LogP contribution < -0.4 is 10.2 Å². The lowest BCUT2D eigenvalue weighted by molar-refractivity contribution is -0.120. The molecule has 0 bridgehead atoms. The summed E-state index contributed by atoms with van der Waals surface area (Å²) < 4.78 is 0. The van der Waals surface area contributed by atoms with E-state index >= 15 is 0 Å². The minimum Gasteiger partial charge on any atom is -0.326 e. The van der Waals surface area contributed by atoms with Crippen LogP contribution in [0.2, 0.25) is 0 Å². The number of carbonyl (C=O) groups excluding carboxylic acids is 2. The Hall–Kier alpha value is -2.27. The van der Waals surface area contributed by atoms with E-state index in [4.69, 9.17) is 0 Å². The summed E-state index contributed by atoms with van der Waals surface area (Å²) in [5.74, 6) is 0.860. The van der Waals surface area contributed by atoms with Crippen LogP contribution in [0.5, 0.6) is 0 Å². The van der Waals surface area contributed by atoms with Crippen LogP contribution in [0.1, 0.15) is 37.7 Å². The number of rotatable bonds is 5. The van der Waals surface area contributed by atoms with Gasteiger partial charge in [-0.3, -0.25) is 9.59 Å². The van der Waals surface area contributed by atoms with Crippen molar-refractivity contribution in [1.29, 1.82) is 0 Å². The molecule has 4 nitrogen and oxygen atoms in total. The highest BCUT2D eigenvalue weighted by Gasteiger charge is 2.24. The molecule has 0 saturated heterocycles. The van der Waals surface area contributed by atoms with Gasteiger partial charge in [0.1, 0.15) is 0 Å². The van der Waals surface area contributed by atoms with Gasteiger partial charge in [-0.15, -0.1) is 11.8 Å². The largest absolute Gasteiger partial charge is 0.326 e. The number of para-hydroxylation sites is 1. The van der Waals surface area contributed by atoms with Crippen LogP contribution in [0.25, 0.3) is 0 Å². The predicted molar refractivity (Wildman–Crippen MR) is 115 cm³/mol. The van der Waals surface area contributed by atoms with Gasteiger partial charge in [0.15, 0.2) is 0 Å². The monoisotopic (exact) mass is 394 g/mol. The van der Waals surface area contributed by atoms with Crippen LogP contribution in [-0.2, 0) is 16.0 Å². The first-order chi connectivity index (χ1) is 13.7. The van der Waals surface area contributed by atoms with E-state index in [1.807, 2.05) is 47.4 Å². The zero-order chi connectivity index (χ0) is 19.3. The fraction of sp³-hybridized carbons (Fsp3) is 0.391. The van der Waals surface area contributed by atoms with Gasteiger partial charge in [0.2, 0.25) is 11.8 Å². The molecule has 1 heterocycles. The number of benzene rings is 2. The molecule has 1 fully saturated rings. The molecule has 1 aliphatic carbocycles. The molecule has 0 aromatic heterocycles. The summed E-state index contributed by atoms with van der Waals surface area (Å²) in [7, 11) is 0. The van der Waals surface area contributed by atoms with Gasteiger partial charge < -0.3 is 10.2 Å². The smallest absolute Gasteiger partial charge is 0.237 e. The summed E-state index contributed by atoms with van der Waals surface area (Å²) in [6.45, 7) is 0.769. The van der Waals surface area contributed by atoms with Crippen molar-refractivity contribution in [3.63, 3.8) is 0 Å². The van der Waals surface area contributed by atoms with Crippen molar-refractivity contribution in [2.24, 2.45) is 5.92 Å². The molecule has 0 radical (unpaired) electrons. The third-order valence-corrected chi connectivity index (χ3v) is 6.65. The van der Waals surface area contributed by atoms with Gasteiger partial charge in [0.25, 0.3) is 0 Å². The maximum atomic E-state index is 12.6. The van der Waals surface area contributed by atoms with Crippen molar-refractivity contribution in [2.75, 3.05) is 22.5 Å². The summed E-state index contributed by atoms with van der Waals surface area (Å²) in [6.07, 6.45) is 6.49. The summed E-state index contributed by atoms with van der Waals surface area (Å²) in [4.78, 5) is 27.9. The molecule has 1 saturated carbocycles. The molecule has 5 heteroatoms. The molecule has 2 aromatic carbocycles. The average molecular weight is 395 g/mol. The van der Waals surface area contributed by atoms with Crippen molar-refractivity contribution in [1.82, 2.24) is 0 Å². The molecule has 1 aliphatic heterocycles. The number of hydrogen-bond donors (Lipinski definition) is 1. The highest BCUT2D eigenvalue weighted by Crippen LogP contribution is 2.29. The van der Waals surface area contributed by atoms with Gasteiger partial charge in [-0.1, -0.05) is 37.5 Å². The van der Waals surface area contributed by atoms with Gasteiger partial charge in [-0.25, -0.2) is 0 Å². The van der Waals surface area contributed by atoms with E-state index in [0.717, 1.165) is 54.9 Å². The van der Waals surface area contributed by atoms with E-state index in [0.29, 0.717) is 5.75 Å². The van der Waals surface area contributed by atoms with E-state index in [1.54, 1.807) is 11.8 Å². The second kappa shape index (κ2) is 8.82. The summed E-state index contributed by atoms with van der Waals surface area (Å²) in [5, 5.41) is 3.04. The normalized spacial score (nSPS) is 16.6.